The van der Waals surface area contributed by atoms with Gasteiger partial charge in [0, 0.05) is 19.7 Å². The third kappa shape index (κ3) is 4.18. The van der Waals surface area contributed by atoms with Crippen molar-refractivity contribution in [1.82, 2.24) is 4.57 Å². The molecule has 0 saturated carbocycles. The van der Waals surface area contributed by atoms with Gasteiger partial charge in [-0.1, -0.05) is 19.8 Å². The van der Waals surface area contributed by atoms with Gasteiger partial charge in [0.1, 0.15) is 17.9 Å². The summed E-state index contributed by atoms with van der Waals surface area (Å²) in [6, 6.07) is 3.83. The molecule has 1 aromatic rings. The van der Waals surface area contributed by atoms with Gasteiger partial charge < -0.3 is 19.8 Å². The van der Waals surface area contributed by atoms with E-state index in [1.54, 1.807) is 13.2 Å². The van der Waals surface area contributed by atoms with Gasteiger partial charge in [0.2, 0.25) is 5.88 Å². The van der Waals surface area contributed by atoms with E-state index in [1.165, 1.54) is 0 Å². The van der Waals surface area contributed by atoms with Crippen molar-refractivity contribution in [2.24, 2.45) is 0 Å². The summed E-state index contributed by atoms with van der Waals surface area (Å²) in [6.45, 7) is 5.30. The molecule has 1 heterocycles. The number of nitrogens with zero attached hydrogens (tertiary/aromatic N) is 2. The predicted octanol–water partition coefficient (Wildman–Crippen LogP) is 2.55. The van der Waals surface area contributed by atoms with Crippen molar-refractivity contribution >= 4 is 5.69 Å². The quantitative estimate of drug-likeness (QED) is 0.733. The van der Waals surface area contributed by atoms with E-state index in [-0.39, 0.29) is 6.10 Å². The van der Waals surface area contributed by atoms with Gasteiger partial charge in [-0.05, 0) is 13.3 Å². The van der Waals surface area contributed by atoms with Crippen molar-refractivity contribution in [2.45, 2.75) is 45.8 Å². The number of nitrogens with two attached hydrogens (primary N) is 1. The number of rotatable bonds is 8. The molecule has 5 nitrogen and oxygen atoms in total. The van der Waals surface area contributed by atoms with E-state index in [4.69, 9.17) is 20.5 Å². The third-order valence-electron chi connectivity index (χ3n) is 2.89. The first-order valence-corrected chi connectivity index (χ1v) is 6.68. The highest BCUT2D eigenvalue weighted by Gasteiger charge is 2.16. The second kappa shape index (κ2) is 7.70. The minimum atomic E-state index is -0.0985. The SMILES string of the molecule is CCCCCn1c(C#N)cc(N)c1OC(C)COC. The van der Waals surface area contributed by atoms with Crippen molar-refractivity contribution in [2.75, 3.05) is 19.5 Å². The molecule has 0 amide bonds. The van der Waals surface area contributed by atoms with E-state index < -0.39 is 0 Å². The van der Waals surface area contributed by atoms with E-state index in [9.17, 15) is 0 Å². The normalized spacial score (nSPS) is 12.1. The van der Waals surface area contributed by atoms with Crippen LogP contribution in [0.1, 0.15) is 38.8 Å². The van der Waals surface area contributed by atoms with Gasteiger partial charge in [-0.25, -0.2) is 0 Å². The van der Waals surface area contributed by atoms with Crippen LogP contribution in [-0.2, 0) is 11.3 Å². The van der Waals surface area contributed by atoms with Crippen LogP contribution in [0.4, 0.5) is 5.69 Å². The summed E-state index contributed by atoms with van der Waals surface area (Å²) in [7, 11) is 1.63. The Bertz CT molecular complexity index is 435. The lowest BCUT2D eigenvalue weighted by molar-refractivity contribution is 0.0865. The van der Waals surface area contributed by atoms with Gasteiger partial charge in [0.25, 0.3) is 0 Å². The number of aromatic nitrogens is 1. The first-order valence-electron chi connectivity index (χ1n) is 6.68. The van der Waals surface area contributed by atoms with Gasteiger partial charge in [-0.2, -0.15) is 5.26 Å². The van der Waals surface area contributed by atoms with Crippen molar-refractivity contribution < 1.29 is 9.47 Å². The Balaban J connectivity index is 2.88. The minimum Gasteiger partial charge on any atom is -0.472 e. The number of hydrogen-bond acceptors (Lipinski definition) is 4. The van der Waals surface area contributed by atoms with Gasteiger partial charge >= 0.3 is 0 Å². The molecule has 0 aromatic carbocycles. The largest absolute Gasteiger partial charge is 0.472 e. The first kappa shape index (κ1) is 15.4. The second-order valence-corrected chi connectivity index (χ2v) is 4.64. The molecule has 0 aliphatic heterocycles. The number of nitriles is 1. The Morgan fingerprint density at radius 2 is 2.21 bits per heavy atom. The van der Waals surface area contributed by atoms with Gasteiger partial charge in [0.05, 0.1) is 12.3 Å². The number of nitrogen functional groups attached to an aromatic ring is 1. The van der Waals surface area contributed by atoms with E-state index in [2.05, 4.69) is 13.0 Å². The molecule has 0 bridgehead atoms. The Labute approximate surface area is 114 Å². The predicted molar refractivity (Wildman–Crippen MR) is 75.1 cm³/mol. The summed E-state index contributed by atoms with van der Waals surface area (Å²) in [5.74, 6) is 0.581. The fourth-order valence-electron chi connectivity index (χ4n) is 1.98. The summed E-state index contributed by atoms with van der Waals surface area (Å²) in [4.78, 5) is 0. The molecule has 0 aliphatic rings. The lowest BCUT2D eigenvalue weighted by Crippen LogP contribution is -2.20. The van der Waals surface area contributed by atoms with Crippen molar-refractivity contribution in [3.8, 4) is 11.9 Å². The summed E-state index contributed by atoms with van der Waals surface area (Å²) in [6.07, 6.45) is 3.16. The van der Waals surface area contributed by atoms with E-state index in [0.29, 0.717) is 23.9 Å². The smallest absolute Gasteiger partial charge is 0.218 e. The summed E-state index contributed by atoms with van der Waals surface area (Å²) in [5.41, 5.74) is 6.99. The Kier molecular flexibility index (Phi) is 6.23. The summed E-state index contributed by atoms with van der Waals surface area (Å²) >= 11 is 0. The molecule has 5 heteroatoms. The van der Waals surface area contributed by atoms with Crippen LogP contribution in [0.2, 0.25) is 0 Å². The van der Waals surface area contributed by atoms with Crippen LogP contribution in [0.15, 0.2) is 6.07 Å². The molecule has 19 heavy (non-hydrogen) atoms. The monoisotopic (exact) mass is 265 g/mol. The number of unbranched alkanes of at least 4 members (excludes halogenated alkanes) is 2. The highest BCUT2D eigenvalue weighted by atomic mass is 16.5. The van der Waals surface area contributed by atoms with Crippen molar-refractivity contribution in [3.63, 3.8) is 0 Å². The van der Waals surface area contributed by atoms with Crippen LogP contribution in [0, 0.1) is 11.3 Å². The van der Waals surface area contributed by atoms with Crippen LogP contribution in [0.25, 0.3) is 0 Å². The zero-order valence-electron chi connectivity index (χ0n) is 12.0. The number of anilines is 1. The highest BCUT2D eigenvalue weighted by molar-refractivity contribution is 5.55. The second-order valence-electron chi connectivity index (χ2n) is 4.64. The zero-order chi connectivity index (χ0) is 14.3. The molecule has 0 radical (unpaired) electrons. The van der Waals surface area contributed by atoms with E-state index >= 15 is 0 Å². The maximum Gasteiger partial charge on any atom is 0.218 e. The fourth-order valence-corrected chi connectivity index (χ4v) is 1.98. The lowest BCUT2D eigenvalue weighted by atomic mass is 10.2. The topological polar surface area (TPSA) is 73.2 Å². The van der Waals surface area contributed by atoms with Crippen LogP contribution in [0.3, 0.4) is 0 Å². The van der Waals surface area contributed by atoms with Crippen LogP contribution in [0.5, 0.6) is 5.88 Å². The van der Waals surface area contributed by atoms with Crippen molar-refractivity contribution in [3.05, 3.63) is 11.8 Å². The van der Waals surface area contributed by atoms with Crippen molar-refractivity contribution in [1.29, 1.82) is 5.26 Å². The van der Waals surface area contributed by atoms with Gasteiger partial charge in [0.15, 0.2) is 0 Å². The number of hydrogen-bond donors (Lipinski definition) is 1. The maximum atomic E-state index is 9.14. The maximum absolute atomic E-state index is 9.14. The molecule has 0 spiro atoms. The summed E-state index contributed by atoms with van der Waals surface area (Å²) < 4.78 is 12.7. The van der Waals surface area contributed by atoms with E-state index in [1.807, 2.05) is 11.5 Å². The minimum absolute atomic E-state index is 0.0985. The third-order valence-corrected chi connectivity index (χ3v) is 2.89. The molecule has 2 N–H and O–H groups in total. The summed E-state index contributed by atoms with van der Waals surface area (Å²) in [5, 5.41) is 9.14. The average Bonchev–Trinajstić information content (AvgIpc) is 2.67. The molecular formula is C14H23N3O2. The number of ether oxygens (including phenoxy) is 2. The molecule has 1 atom stereocenters. The van der Waals surface area contributed by atoms with Crippen LogP contribution < -0.4 is 10.5 Å². The molecule has 1 unspecified atom stereocenters. The van der Waals surface area contributed by atoms with Crippen LogP contribution >= 0.6 is 0 Å². The molecule has 1 aromatic heterocycles. The van der Waals surface area contributed by atoms with Gasteiger partial charge in [-0.3, -0.25) is 0 Å². The lowest BCUT2D eigenvalue weighted by Gasteiger charge is -2.17. The molecule has 0 fully saturated rings. The Morgan fingerprint density at radius 1 is 1.47 bits per heavy atom. The standard InChI is InChI=1S/C14H23N3O2/c1-4-5-6-7-17-12(9-15)8-13(16)14(17)19-11(2)10-18-3/h8,11H,4-7,10,16H2,1-3H3. The van der Waals surface area contributed by atoms with Crippen LogP contribution in [-0.4, -0.2) is 24.4 Å². The van der Waals surface area contributed by atoms with Gasteiger partial charge in [-0.15, -0.1) is 0 Å². The first-order chi connectivity index (χ1) is 9.13. The highest BCUT2D eigenvalue weighted by Crippen LogP contribution is 2.28. The van der Waals surface area contributed by atoms with E-state index in [0.717, 1.165) is 25.8 Å². The average molecular weight is 265 g/mol. The molecule has 0 saturated heterocycles. The fraction of sp³-hybridized carbons (Fsp3) is 0.643. The molecule has 0 aliphatic carbocycles. The Hall–Kier alpha value is -1.67. The Morgan fingerprint density at radius 3 is 2.79 bits per heavy atom. The molecule has 1 rings (SSSR count). The number of methoxy groups -OCH3 is 1. The molecular weight excluding hydrogens is 242 g/mol. The zero-order valence-corrected chi connectivity index (χ0v) is 12.0. The molecule has 106 valence electrons.